The zero-order valence-corrected chi connectivity index (χ0v) is 14.1. The fourth-order valence-corrected chi connectivity index (χ4v) is 2.38. The molecule has 23 heavy (non-hydrogen) atoms. The molecule has 0 saturated heterocycles. The van der Waals surface area contributed by atoms with Crippen molar-refractivity contribution in [3.05, 3.63) is 47.7 Å². The summed E-state index contributed by atoms with van der Waals surface area (Å²) in [6.45, 7) is 3.14. The number of rotatable bonds is 8. The third-order valence-electron chi connectivity index (χ3n) is 3.68. The Morgan fingerprint density at radius 3 is 2.57 bits per heavy atom. The Hall–Kier alpha value is -2.11. The Labute approximate surface area is 137 Å². The zero-order valence-electron chi connectivity index (χ0n) is 14.1. The molecule has 0 aliphatic carbocycles. The molecule has 2 rings (SSSR count). The van der Waals surface area contributed by atoms with Gasteiger partial charge in [-0.15, -0.1) is 0 Å². The van der Waals surface area contributed by atoms with Gasteiger partial charge in [0.1, 0.15) is 12.3 Å². The van der Waals surface area contributed by atoms with Crippen molar-refractivity contribution >= 4 is 5.97 Å². The Morgan fingerprint density at radius 2 is 1.91 bits per heavy atom. The fraction of sp³-hybridized carbons (Fsp3) is 0.389. The molecule has 1 aromatic carbocycles. The molecule has 0 spiro atoms. The molecule has 0 unspecified atom stereocenters. The van der Waals surface area contributed by atoms with E-state index < -0.39 is 0 Å². The summed E-state index contributed by atoms with van der Waals surface area (Å²) < 4.78 is 10.6. The van der Waals surface area contributed by atoms with Gasteiger partial charge in [0.15, 0.2) is 5.76 Å². The maximum atomic E-state index is 11.4. The van der Waals surface area contributed by atoms with Gasteiger partial charge in [-0.2, -0.15) is 0 Å². The van der Waals surface area contributed by atoms with Crippen molar-refractivity contribution in [2.24, 2.45) is 0 Å². The summed E-state index contributed by atoms with van der Waals surface area (Å²) in [5, 5.41) is 2.27. The van der Waals surface area contributed by atoms with E-state index in [1.807, 2.05) is 24.3 Å². The van der Waals surface area contributed by atoms with Crippen LogP contribution in [0.4, 0.5) is 0 Å². The Balaban J connectivity index is 1.87. The summed E-state index contributed by atoms with van der Waals surface area (Å²) in [4.78, 5) is 12.9. The molecule has 0 atom stereocenters. The second kappa shape index (κ2) is 8.50. The van der Waals surface area contributed by atoms with E-state index in [0.717, 1.165) is 30.2 Å². The number of quaternary nitrogens is 2. The van der Waals surface area contributed by atoms with Gasteiger partial charge in [-0.3, -0.25) is 0 Å². The maximum absolute atomic E-state index is 11.4. The molecule has 0 saturated carbocycles. The molecule has 0 aliphatic heterocycles. The van der Waals surface area contributed by atoms with Crippen LogP contribution in [0.15, 0.2) is 40.8 Å². The van der Waals surface area contributed by atoms with Crippen molar-refractivity contribution < 1.29 is 24.2 Å². The maximum Gasteiger partial charge on any atom is 0.337 e. The number of methoxy groups -OCH3 is 1. The molecule has 124 valence electrons. The summed E-state index contributed by atoms with van der Waals surface area (Å²) in [5.74, 6) is 1.46. The van der Waals surface area contributed by atoms with E-state index in [4.69, 9.17) is 9.15 Å². The van der Waals surface area contributed by atoms with Gasteiger partial charge in [-0.25, -0.2) is 4.79 Å². The van der Waals surface area contributed by atoms with Crippen LogP contribution in [0.2, 0.25) is 0 Å². The van der Waals surface area contributed by atoms with Gasteiger partial charge in [-0.05, 0) is 24.3 Å². The van der Waals surface area contributed by atoms with Crippen LogP contribution >= 0.6 is 0 Å². The van der Waals surface area contributed by atoms with Crippen LogP contribution in [0.1, 0.15) is 22.5 Å². The Morgan fingerprint density at radius 1 is 1.17 bits per heavy atom. The number of esters is 1. The number of furan rings is 1. The second-order valence-corrected chi connectivity index (χ2v) is 5.93. The summed E-state index contributed by atoms with van der Waals surface area (Å²) in [6, 6.07) is 11.2. The number of benzene rings is 1. The number of nitrogens with two attached hydrogens (primary N) is 1. The zero-order chi connectivity index (χ0) is 16.7. The first-order valence-electron chi connectivity index (χ1n) is 7.98. The van der Waals surface area contributed by atoms with Gasteiger partial charge < -0.3 is 19.4 Å². The second-order valence-electron chi connectivity index (χ2n) is 5.93. The average Bonchev–Trinajstić information content (AvgIpc) is 3.02. The van der Waals surface area contributed by atoms with Gasteiger partial charge >= 0.3 is 5.97 Å². The van der Waals surface area contributed by atoms with Crippen LogP contribution in [-0.2, 0) is 11.3 Å². The normalized spacial score (nSPS) is 11.0. The van der Waals surface area contributed by atoms with Crippen molar-refractivity contribution in [3.63, 3.8) is 0 Å². The largest absolute Gasteiger partial charge is 0.465 e. The Kier molecular flexibility index (Phi) is 6.38. The molecular weight excluding hydrogens is 292 g/mol. The van der Waals surface area contributed by atoms with Crippen LogP contribution in [0.5, 0.6) is 0 Å². The first kappa shape index (κ1) is 17.2. The van der Waals surface area contributed by atoms with Gasteiger partial charge in [0.2, 0.25) is 0 Å². The van der Waals surface area contributed by atoms with Gasteiger partial charge in [-0.1, -0.05) is 12.1 Å². The standard InChI is InChI=1S/C18H24N2O3/c1-20(2)12-4-11-19-13-16-9-10-17(23-16)14-5-7-15(8-6-14)18(21)22-3/h5-10,19H,4,11-13H2,1-3H3/p+2. The van der Waals surface area contributed by atoms with E-state index in [0.29, 0.717) is 5.56 Å². The third kappa shape index (κ3) is 5.23. The molecule has 5 nitrogen and oxygen atoms in total. The summed E-state index contributed by atoms with van der Waals surface area (Å²) >= 11 is 0. The lowest BCUT2D eigenvalue weighted by Crippen LogP contribution is -3.06. The molecule has 5 heteroatoms. The molecule has 2 aromatic rings. The molecule has 0 aliphatic rings. The highest BCUT2D eigenvalue weighted by Crippen LogP contribution is 2.22. The molecule has 0 bridgehead atoms. The number of carbonyl (C=O) groups excluding carboxylic acids is 1. The van der Waals surface area contributed by atoms with E-state index in [-0.39, 0.29) is 5.97 Å². The van der Waals surface area contributed by atoms with Crippen molar-refractivity contribution in [2.45, 2.75) is 13.0 Å². The van der Waals surface area contributed by atoms with Crippen molar-refractivity contribution in [2.75, 3.05) is 34.3 Å². The molecule has 0 fully saturated rings. The number of ether oxygens (including phenoxy) is 1. The molecule has 1 aromatic heterocycles. The molecular formula is C18H26N2O3+2. The molecule has 1 heterocycles. The van der Waals surface area contributed by atoms with Gasteiger partial charge in [0.25, 0.3) is 0 Å². The average molecular weight is 318 g/mol. The number of nitrogens with one attached hydrogen (secondary N) is 1. The van der Waals surface area contributed by atoms with Crippen LogP contribution in [0.25, 0.3) is 11.3 Å². The summed E-state index contributed by atoms with van der Waals surface area (Å²) in [5.41, 5.74) is 1.50. The minimum atomic E-state index is -0.328. The number of carbonyl (C=O) groups is 1. The summed E-state index contributed by atoms with van der Waals surface area (Å²) in [6.07, 6.45) is 1.20. The molecule has 0 amide bonds. The Bertz CT molecular complexity index is 617. The highest BCUT2D eigenvalue weighted by atomic mass is 16.5. The lowest BCUT2D eigenvalue weighted by molar-refractivity contribution is -0.860. The highest BCUT2D eigenvalue weighted by molar-refractivity contribution is 5.89. The lowest BCUT2D eigenvalue weighted by atomic mass is 10.1. The van der Waals surface area contributed by atoms with E-state index in [1.54, 1.807) is 12.1 Å². The van der Waals surface area contributed by atoms with Crippen molar-refractivity contribution in [1.82, 2.24) is 0 Å². The topological polar surface area (TPSA) is 60.5 Å². The SMILES string of the molecule is COC(=O)c1ccc(-c2ccc(C[NH2+]CCC[NH+](C)C)o2)cc1. The third-order valence-corrected chi connectivity index (χ3v) is 3.68. The van der Waals surface area contributed by atoms with Crippen LogP contribution in [-0.4, -0.2) is 40.3 Å². The predicted octanol–water partition coefficient (Wildman–Crippen LogP) is 0.331. The monoisotopic (exact) mass is 318 g/mol. The minimum Gasteiger partial charge on any atom is -0.465 e. The first-order chi connectivity index (χ1) is 11.1. The minimum absolute atomic E-state index is 0.328. The van der Waals surface area contributed by atoms with Gasteiger partial charge in [0.05, 0.1) is 39.9 Å². The van der Waals surface area contributed by atoms with Crippen molar-refractivity contribution in [3.8, 4) is 11.3 Å². The smallest absolute Gasteiger partial charge is 0.337 e. The van der Waals surface area contributed by atoms with E-state index in [9.17, 15) is 4.79 Å². The lowest BCUT2D eigenvalue weighted by Gasteiger charge is -2.05. The van der Waals surface area contributed by atoms with E-state index in [1.165, 1.54) is 25.0 Å². The van der Waals surface area contributed by atoms with Gasteiger partial charge in [0, 0.05) is 12.0 Å². The van der Waals surface area contributed by atoms with Crippen molar-refractivity contribution in [1.29, 1.82) is 0 Å². The molecule has 3 N–H and O–H groups in total. The first-order valence-corrected chi connectivity index (χ1v) is 7.98. The number of hydrogen-bond donors (Lipinski definition) is 2. The quantitative estimate of drug-likeness (QED) is 0.545. The van der Waals surface area contributed by atoms with Crippen LogP contribution in [0, 0.1) is 0 Å². The predicted molar refractivity (Wildman–Crippen MR) is 88.3 cm³/mol. The van der Waals surface area contributed by atoms with E-state index >= 15 is 0 Å². The fourth-order valence-electron chi connectivity index (χ4n) is 2.38. The summed E-state index contributed by atoms with van der Waals surface area (Å²) in [7, 11) is 5.72. The highest BCUT2D eigenvalue weighted by Gasteiger charge is 2.09. The van der Waals surface area contributed by atoms with E-state index in [2.05, 4.69) is 19.4 Å². The van der Waals surface area contributed by atoms with Crippen LogP contribution in [0.3, 0.4) is 0 Å². The number of hydrogen-bond acceptors (Lipinski definition) is 3. The van der Waals surface area contributed by atoms with Crippen LogP contribution < -0.4 is 10.2 Å². The molecule has 0 radical (unpaired) electrons.